The van der Waals surface area contributed by atoms with E-state index in [0.29, 0.717) is 12.3 Å². The normalized spacial score (nSPS) is 10.2. The zero-order chi connectivity index (χ0) is 9.52. The van der Waals surface area contributed by atoms with Gasteiger partial charge in [-0.05, 0) is 11.1 Å². The molecule has 0 radical (unpaired) electrons. The summed E-state index contributed by atoms with van der Waals surface area (Å²) in [5.74, 6) is 0.507. The molecule has 0 bridgehead atoms. The van der Waals surface area contributed by atoms with Crippen molar-refractivity contribution < 1.29 is 0 Å². The number of allylic oxidation sites excluding steroid dienone is 1. The van der Waals surface area contributed by atoms with Gasteiger partial charge in [0.05, 0.1) is 12.5 Å². The predicted octanol–water partition coefficient (Wildman–Crippen LogP) is 3.35. The van der Waals surface area contributed by atoms with E-state index in [0.717, 1.165) is 11.1 Å². The largest absolute Gasteiger partial charge is 0.198 e. The molecule has 2 heteroatoms. The zero-order valence-corrected chi connectivity index (χ0v) is 7.96. The molecule has 1 rings (SSSR count). The van der Waals surface area contributed by atoms with Gasteiger partial charge in [0, 0.05) is 5.88 Å². The lowest BCUT2D eigenvalue weighted by atomic mass is 10.1. The first kappa shape index (κ1) is 9.83. The Hall–Kier alpha value is -1.26. The maximum absolute atomic E-state index is 8.34. The molecule has 0 saturated heterocycles. The van der Waals surface area contributed by atoms with Crippen LogP contribution in [0.15, 0.2) is 30.3 Å². The minimum Gasteiger partial charge on any atom is -0.198 e. The molecule has 0 fully saturated rings. The molecule has 1 aromatic carbocycles. The zero-order valence-electron chi connectivity index (χ0n) is 7.20. The molecule has 0 spiro atoms. The van der Waals surface area contributed by atoms with E-state index in [2.05, 4.69) is 6.07 Å². The van der Waals surface area contributed by atoms with Crippen molar-refractivity contribution in [3.05, 3.63) is 41.5 Å². The Labute approximate surface area is 83.3 Å². The van der Waals surface area contributed by atoms with Gasteiger partial charge in [0.25, 0.3) is 0 Å². The average Bonchev–Trinajstić information content (AvgIpc) is 2.19. The Morgan fingerprint density at radius 2 is 2.15 bits per heavy atom. The summed E-state index contributed by atoms with van der Waals surface area (Å²) in [4.78, 5) is 0. The third kappa shape index (κ3) is 2.93. The van der Waals surface area contributed by atoms with Crippen LogP contribution < -0.4 is 0 Å². The van der Waals surface area contributed by atoms with Crippen molar-refractivity contribution in [2.75, 3.05) is 0 Å². The fourth-order valence-electron chi connectivity index (χ4n) is 1.06. The van der Waals surface area contributed by atoms with Gasteiger partial charge in [-0.15, -0.1) is 11.6 Å². The van der Waals surface area contributed by atoms with Gasteiger partial charge in [-0.1, -0.05) is 36.4 Å². The first-order valence-electron chi connectivity index (χ1n) is 4.06. The van der Waals surface area contributed by atoms with E-state index >= 15 is 0 Å². The van der Waals surface area contributed by atoms with Gasteiger partial charge in [-0.25, -0.2) is 0 Å². The Morgan fingerprint density at radius 3 is 2.85 bits per heavy atom. The van der Waals surface area contributed by atoms with Crippen LogP contribution in [0.2, 0.25) is 0 Å². The molecule has 0 aliphatic rings. The molecule has 66 valence electrons. The minimum absolute atomic E-state index is 0.441. The van der Waals surface area contributed by atoms with Crippen LogP contribution in [-0.4, -0.2) is 0 Å². The molecule has 1 nitrogen and oxygen atoms in total. The summed E-state index contributed by atoms with van der Waals surface area (Å²) in [7, 11) is 0. The number of alkyl halides is 1. The lowest BCUT2D eigenvalue weighted by Gasteiger charge is -1.99. The van der Waals surface area contributed by atoms with E-state index in [1.54, 1.807) is 0 Å². The van der Waals surface area contributed by atoms with Crippen molar-refractivity contribution in [3.8, 4) is 6.07 Å². The van der Waals surface area contributed by atoms with Gasteiger partial charge < -0.3 is 0 Å². The Balaban J connectivity index is 2.82. The third-order valence-corrected chi connectivity index (χ3v) is 1.99. The number of nitriles is 1. The molecule has 13 heavy (non-hydrogen) atoms. The van der Waals surface area contributed by atoms with E-state index in [1.807, 2.05) is 36.4 Å². The number of halogens is 1. The van der Waals surface area contributed by atoms with Gasteiger partial charge in [0.15, 0.2) is 0 Å². The van der Waals surface area contributed by atoms with Crippen molar-refractivity contribution in [2.24, 2.45) is 0 Å². The van der Waals surface area contributed by atoms with Crippen LogP contribution in [0.3, 0.4) is 0 Å². The highest BCUT2D eigenvalue weighted by Crippen LogP contribution is 2.13. The van der Waals surface area contributed by atoms with Crippen LogP contribution in [0, 0.1) is 11.3 Å². The van der Waals surface area contributed by atoms with Crippen LogP contribution in [0.25, 0.3) is 6.08 Å². The van der Waals surface area contributed by atoms with E-state index in [4.69, 9.17) is 16.9 Å². The first-order chi connectivity index (χ1) is 6.38. The van der Waals surface area contributed by atoms with Gasteiger partial charge in [0.1, 0.15) is 0 Å². The summed E-state index contributed by atoms with van der Waals surface area (Å²) in [6.07, 6.45) is 4.21. The highest BCUT2D eigenvalue weighted by Gasteiger charge is 1.94. The highest BCUT2D eigenvalue weighted by atomic mass is 35.5. The van der Waals surface area contributed by atoms with Crippen LogP contribution in [0.1, 0.15) is 17.5 Å². The van der Waals surface area contributed by atoms with Crippen LogP contribution in [0.5, 0.6) is 0 Å². The molecule has 0 N–H and O–H groups in total. The summed E-state index contributed by atoms with van der Waals surface area (Å²) in [5, 5.41) is 8.34. The van der Waals surface area contributed by atoms with Gasteiger partial charge in [-0.3, -0.25) is 0 Å². The molecular formula is C11H10ClN. The average molecular weight is 192 g/mol. The molecule has 0 atom stereocenters. The number of hydrogen-bond acceptors (Lipinski definition) is 1. The minimum atomic E-state index is 0.441. The molecular weight excluding hydrogens is 182 g/mol. The molecule has 0 saturated carbocycles. The summed E-state index contributed by atoms with van der Waals surface area (Å²) in [6.45, 7) is 0. The van der Waals surface area contributed by atoms with Crippen molar-refractivity contribution in [2.45, 2.75) is 12.3 Å². The van der Waals surface area contributed by atoms with Crippen molar-refractivity contribution in [1.29, 1.82) is 5.26 Å². The molecule has 0 aliphatic carbocycles. The molecule has 0 heterocycles. The summed E-state index contributed by atoms with van der Waals surface area (Å²) in [6, 6.07) is 9.95. The fourth-order valence-corrected chi connectivity index (χ4v) is 1.30. The number of benzene rings is 1. The Morgan fingerprint density at radius 1 is 1.38 bits per heavy atom. The van der Waals surface area contributed by atoms with E-state index < -0.39 is 0 Å². The van der Waals surface area contributed by atoms with E-state index in [-0.39, 0.29) is 0 Å². The predicted molar refractivity (Wildman–Crippen MR) is 55.3 cm³/mol. The number of hydrogen-bond donors (Lipinski definition) is 0. The second-order valence-corrected chi connectivity index (χ2v) is 2.86. The topological polar surface area (TPSA) is 23.8 Å². The third-order valence-electron chi connectivity index (χ3n) is 1.71. The van der Waals surface area contributed by atoms with Gasteiger partial charge in [0.2, 0.25) is 0 Å². The van der Waals surface area contributed by atoms with Crippen LogP contribution >= 0.6 is 11.6 Å². The number of rotatable bonds is 3. The van der Waals surface area contributed by atoms with Crippen molar-refractivity contribution >= 4 is 17.7 Å². The molecule has 0 aromatic heterocycles. The van der Waals surface area contributed by atoms with Crippen LogP contribution in [0.4, 0.5) is 0 Å². The maximum atomic E-state index is 8.34. The van der Waals surface area contributed by atoms with E-state index in [1.165, 1.54) is 0 Å². The van der Waals surface area contributed by atoms with Gasteiger partial charge >= 0.3 is 0 Å². The second-order valence-electron chi connectivity index (χ2n) is 2.60. The quantitative estimate of drug-likeness (QED) is 0.673. The highest BCUT2D eigenvalue weighted by molar-refractivity contribution is 6.17. The maximum Gasteiger partial charge on any atom is 0.0663 e. The van der Waals surface area contributed by atoms with Crippen LogP contribution in [-0.2, 0) is 5.88 Å². The molecule has 0 aliphatic heterocycles. The molecule has 1 aromatic rings. The molecule has 0 unspecified atom stereocenters. The Bertz CT molecular complexity index is 336. The van der Waals surface area contributed by atoms with Crippen molar-refractivity contribution in [3.63, 3.8) is 0 Å². The van der Waals surface area contributed by atoms with Gasteiger partial charge in [-0.2, -0.15) is 5.26 Å². The second kappa shape index (κ2) is 5.40. The Kier molecular flexibility index (Phi) is 4.08. The number of nitrogens with zero attached hydrogens (tertiary/aromatic N) is 1. The van der Waals surface area contributed by atoms with Crippen molar-refractivity contribution in [1.82, 2.24) is 0 Å². The SMILES string of the molecule is N#CCC=Cc1ccccc1CCl. The summed E-state index contributed by atoms with van der Waals surface area (Å²) >= 11 is 5.75. The molecule has 0 amide bonds. The lowest BCUT2D eigenvalue weighted by molar-refractivity contribution is 1.35. The lowest BCUT2D eigenvalue weighted by Crippen LogP contribution is -1.82. The smallest absolute Gasteiger partial charge is 0.0663 e. The fraction of sp³-hybridized carbons (Fsp3) is 0.182. The standard InChI is InChI=1S/C11H10ClN/c12-9-11-7-2-1-5-10(11)6-3-4-8-13/h1-3,5-7H,4,9H2. The monoisotopic (exact) mass is 191 g/mol. The summed E-state index contributed by atoms with van der Waals surface area (Å²) in [5.41, 5.74) is 2.19. The van der Waals surface area contributed by atoms with E-state index in [9.17, 15) is 0 Å². The first-order valence-corrected chi connectivity index (χ1v) is 4.59. The summed E-state index contributed by atoms with van der Waals surface area (Å²) < 4.78 is 0.